The lowest BCUT2D eigenvalue weighted by molar-refractivity contribution is -0.386. The Morgan fingerprint density at radius 1 is 1.03 bits per heavy atom. The van der Waals surface area contributed by atoms with Gasteiger partial charge in [-0.2, -0.15) is 4.31 Å². The molecule has 34 heavy (non-hydrogen) atoms. The molecule has 0 atom stereocenters. The number of carbonyl (C=O) groups is 1. The fraction of sp³-hybridized carbons (Fsp3) is 0.458. The number of piperidine rings is 1. The zero-order chi connectivity index (χ0) is 24.1. The molecule has 0 spiro atoms. The summed E-state index contributed by atoms with van der Waals surface area (Å²) < 4.78 is 32.3. The van der Waals surface area contributed by atoms with Crippen molar-refractivity contribution in [2.24, 2.45) is 5.92 Å². The van der Waals surface area contributed by atoms with E-state index in [1.807, 2.05) is 18.2 Å². The molecule has 0 saturated carbocycles. The molecular formula is C24H29N3O6S. The topological polar surface area (TPSA) is 110 Å². The summed E-state index contributed by atoms with van der Waals surface area (Å²) in [6.45, 7) is 1.72. The van der Waals surface area contributed by atoms with E-state index in [0.29, 0.717) is 32.1 Å². The highest BCUT2D eigenvalue weighted by Crippen LogP contribution is 2.32. The van der Waals surface area contributed by atoms with Crippen LogP contribution >= 0.6 is 0 Å². The molecule has 0 unspecified atom stereocenters. The number of nitro groups is 1. The van der Waals surface area contributed by atoms with Crippen LogP contribution in [0.2, 0.25) is 0 Å². The number of rotatable bonds is 8. The molecule has 2 fully saturated rings. The first kappa shape index (κ1) is 24.2. The second kappa shape index (κ2) is 10.5. The van der Waals surface area contributed by atoms with E-state index in [4.69, 9.17) is 4.74 Å². The van der Waals surface area contributed by atoms with Gasteiger partial charge in [-0.3, -0.25) is 14.9 Å². The molecule has 2 heterocycles. The van der Waals surface area contributed by atoms with Gasteiger partial charge in [0.1, 0.15) is 0 Å². The summed E-state index contributed by atoms with van der Waals surface area (Å²) in [5.74, 6) is 0.164. The zero-order valence-corrected chi connectivity index (χ0v) is 19.8. The van der Waals surface area contributed by atoms with Crippen molar-refractivity contribution >= 4 is 21.6 Å². The van der Waals surface area contributed by atoms with Gasteiger partial charge >= 0.3 is 5.69 Å². The standard InChI is InChI=1S/C24H29N3O6S/c28-24(25-14-10-20(11-15-25)16-19-6-2-1-3-7-19)18-33-23-9-8-21(17-22(23)27(29)30)34(31,32)26-12-4-5-13-26/h1-3,6-9,17,20H,4-5,10-16,18H2. The second-order valence-corrected chi connectivity index (χ2v) is 10.7. The van der Waals surface area contributed by atoms with Crippen molar-refractivity contribution in [1.29, 1.82) is 0 Å². The fourth-order valence-corrected chi connectivity index (χ4v) is 6.10. The Kier molecular flexibility index (Phi) is 7.47. The lowest BCUT2D eigenvalue weighted by Gasteiger charge is -2.32. The van der Waals surface area contributed by atoms with Crippen molar-refractivity contribution in [3.63, 3.8) is 0 Å². The number of ether oxygens (including phenoxy) is 1. The second-order valence-electron chi connectivity index (χ2n) is 8.80. The summed E-state index contributed by atoms with van der Waals surface area (Å²) in [5.41, 5.74) is 0.827. The number of nitrogens with zero attached hydrogens (tertiary/aromatic N) is 3. The van der Waals surface area contributed by atoms with E-state index in [-0.39, 0.29) is 23.2 Å². The molecule has 10 heteroatoms. The van der Waals surface area contributed by atoms with Gasteiger partial charge in [0.05, 0.1) is 9.82 Å². The van der Waals surface area contributed by atoms with Crippen molar-refractivity contribution in [2.75, 3.05) is 32.8 Å². The maximum Gasteiger partial charge on any atom is 0.312 e. The van der Waals surface area contributed by atoms with E-state index in [1.54, 1.807) is 4.90 Å². The van der Waals surface area contributed by atoms with E-state index < -0.39 is 20.6 Å². The Labute approximate surface area is 199 Å². The third kappa shape index (κ3) is 5.56. The van der Waals surface area contributed by atoms with Gasteiger partial charge in [-0.05, 0) is 55.7 Å². The van der Waals surface area contributed by atoms with Crippen molar-refractivity contribution < 1.29 is 22.9 Å². The number of nitro benzene ring substituents is 1. The minimum absolute atomic E-state index is 0.113. The van der Waals surface area contributed by atoms with Crippen LogP contribution in [0.15, 0.2) is 53.4 Å². The number of hydrogen-bond donors (Lipinski definition) is 0. The van der Waals surface area contributed by atoms with Crippen LogP contribution in [0.3, 0.4) is 0 Å². The fourth-order valence-electron chi connectivity index (χ4n) is 4.56. The number of benzene rings is 2. The molecule has 2 aliphatic rings. The van der Waals surface area contributed by atoms with Crippen molar-refractivity contribution in [3.05, 3.63) is 64.2 Å². The predicted molar refractivity (Wildman–Crippen MR) is 126 cm³/mol. The summed E-state index contributed by atoms with van der Waals surface area (Å²) in [5, 5.41) is 11.6. The first-order valence-electron chi connectivity index (χ1n) is 11.6. The van der Waals surface area contributed by atoms with Crippen LogP contribution in [0.4, 0.5) is 5.69 Å². The highest BCUT2D eigenvalue weighted by atomic mass is 32.2. The molecule has 9 nitrogen and oxygen atoms in total. The summed E-state index contributed by atoms with van der Waals surface area (Å²) >= 11 is 0. The first-order valence-corrected chi connectivity index (χ1v) is 13.0. The molecular weight excluding hydrogens is 458 g/mol. The van der Waals surface area contributed by atoms with Crippen molar-refractivity contribution in [2.45, 2.75) is 37.0 Å². The number of sulfonamides is 1. The number of carbonyl (C=O) groups excluding carboxylic acids is 1. The smallest absolute Gasteiger partial charge is 0.312 e. The SMILES string of the molecule is O=C(COc1ccc(S(=O)(=O)N2CCCC2)cc1[N+](=O)[O-])N1CCC(Cc2ccccc2)CC1. The third-order valence-corrected chi connectivity index (χ3v) is 8.41. The summed E-state index contributed by atoms with van der Waals surface area (Å²) in [6, 6.07) is 13.9. The van der Waals surface area contributed by atoms with Crippen LogP contribution in [0.5, 0.6) is 5.75 Å². The van der Waals surface area contributed by atoms with Gasteiger partial charge in [0.15, 0.2) is 12.4 Å². The van der Waals surface area contributed by atoms with Gasteiger partial charge in [0.2, 0.25) is 10.0 Å². The molecule has 0 N–H and O–H groups in total. The lowest BCUT2D eigenvalue weighted by atomic mass is 9.90. The number of likely N-dealkylation sites (tertiary alicyclic amines) is 1. The monoisotopic (exact) mass is 487 g/mol. The van der Waals surface area contributed by atoms with Gasteiger partial charge in [-0.1, -0.05) is 30.3 Å². The molecule has 0 radical (unpaired) electrons. The zero-order valence-electron chi connectivity index (χ0n) is 19.0. The van der Waals surface area contributed by atoms with Gasteiger partial charge in [-0.15, -0.1) is 0 Å². The quantitative estimate of drug-likeness (QED) is 0.418. The summed E-state index contributed by atoms with van der Waals surface area (Å²) in [7, 11) is -3.79. The molecule has 2 aromatic rings. The van der Waals surface area contributed by atoms with E-state index in [0.717, 1.165) is 38.2 Å². The van der Waals surface area contributed by atoms with Crippen LogP contribution in [0.1, 0.15) is 31.2 Å². The summed E-state index contributed by atoms with van der Waals surface area (Å²) in [6.07, 6.45) is 4.31. The Morgan fingerprint density at radius 3 is 2.35 bits per heavy atom. The van der Waals surface area contributed by atoms with Gasteiger partial charge in [0.25, 0.3) is 5.91 Å². The van der Waals surface area contributed by atoms with Crippen LogP contribution in [0.25, 0.3) is 0 Å². The molecule has 0 bridgehead atoms. The average molecular weight is 488 g/mol. The Hall–Kier alpha value is -2.98. The Morgan fingerprint density at radius 2 is 1.71 bits per heavy atom. The molecule has 182 valence electrons. The highest BCUT2D eigenvalue weighted by Gasteiger charge is 2.30. The number of amides is 1. The molecule has 0 aliphatic carbocycles. The Bertz CT molecular complexity index is 1120. The number of hydrogen-bond acceptors (Lipinski definition) is 6. The maximum absolute atomic E-state index is 12.7. The van der Waals surface area contributed by atoms with E-state index in [2.05, 4.69) is 12.1 Å². The molecule has 2 saturated heterocycles. The van der Waals surface area contributed by atoms with E-state index in [9.17, 15) is 23.3 Å². The van der Waals surface area contributed by atoms with Gasteiger partial charge in [-0.25, -0.2) is 8.42 Å². The lowest BCUT2D eigenvalue weighted by Crippen LogP contribution is -2.41. The molecule has 4 rings (SSSR count). The first-order chi connectivity index (χ1) is 16.3. The van der Waals surface area contributed by atoms with Crippen molar-refractivity contribution in [3.8, 4) is 5.75 Å². The Balaban J connectivity index is 1.34. The van der Waals surface area contributed by atoms with Crippen molar-refractivity contribution in [1.82, 2.24) is 9.21 Å². The predicted octanol–water partition coefficient (Wildman–Crippen LogP) is 3.24. The normalized spacial score (nSPS) is 17.6. The maximum atomic E-state index is 12.7. The van der Waals surface area contributed by atoms with Gasteiger partial charge in [0, 0.05) is 32.2 Å². The largest absolute Gasteiger partial charge is 0.477 e. The third-order valence-electron chi connectivity index (χ3n) is 6.52. The average Bonchev–Trinajstić information content (AvgIpc) is 3.39. The van der Waals surface area contributed by atoms with E-state index in [1.165, 1.54) is 22.0 Å². The van der Waals surface area contributed by atoms with Crippen LogP contribution in [-0.2, 0) is 21.2 Å². The minimum Gasteiger partial charge on any atom is -0.477 e. The molecule has 2 aromatic carbocycles. The highest BCUT2D eigenvalue weighted by molar-refractivity contribution is 7.89. The molecule has 2 aliphatic heterocycles. The van der Waals surface area contributed by atoms with Crippen LogP contribution in [-0.4, -0.2) is 61.2 Å². The minimum atomic E-state index is -3.79. The summed E-state index contributed by atoms with van der Waals surface area (Å²) in [4.78, 5) is 25.1. The molecule has 0 aromatic heterocycles. The van der Waals surface area contributed by atoms with Crippen LogP contribution < -0.4 is 4.74 Å². The van der Waals surface area contributed by atoms with Crippen LogP contribution in [0, 0.1) is 16.0 Å². The van der Waals surface area contributed by atoms with Gasteiger partial charge < -0.3 is 9.64 Å². The van der Waals surface area contributed by atoms with E-state index >= 15 is 0 Å². The molecule has 1 amide bonds.